The van der Waals surface area contributed by atoms with E-state index in [0.717, 1.165) is 43.6 Å². The third kappa shape index (κ3) is 6.41. The highest BCUT2D eigenvalue weighted by atomic mass is 35.5. The normalized spacial score (nSPS) is 11.7. The lowest BCUT2D eigenvalue weighted by atomic mass is 10.1. The number of hydrogen-bond acceptors (Lipinski definition) is 4. The molecular formula is C30H30Cl2N4O3S. The summed E-state index contributed by atoms with van der Waals surface area (Å²) < 4.78 is 30.3. The maximum atomic E-state index is 13.6. The van der Waals surface area contributed by atoms with E-state index in [9.17, 15) is 13.2 Å². The second-order valence-corrected chi connectivity index (χ2v) is 12.4. The van der Waals surface area contributed by atoms with Gasteiger partial charge in [0.25, 0.3) is 15.9 Å². The van der Waals surface area contributed by atoms with E-state index in [0.29, 0.717) is 15.7 Å². The van der Waals surface area contributed by atoms with Crippen LogP contribution in [0.25, 0.3) is 5.69 Å². The molecule has 0 saturated heterocycles. The van der Waals surface area contributed by atoms with Gasteiger partial charge in [0.1, 0.15) is 6.54 Å². The number of sulfonamides is 1. The summed E-state index contributed by atoms with van der Waals surface area (Å²) in [5.74, 6) is -0.583. The van der Waals surface area contributed by atoms with Crippen LogP contribution in [0, 0.1) is 34.6 Å². The molecule has 0 spiro atoms. The first-order chi connectivity index (χ1) is 18.9. The zero-order valence-corrected chi connectivity index (χ0v) is 25.2. The van der Waals surface area contributed by atoms with Gasteiger partial charge < -0.3 is 4.57 Å². The maximum Gasteiger partial charge on any atom is 0.264 e. The van der Waals surface area contributed by atoms with Crippen molar-refractivity contribution < 1.29 is 13.2 Å². The molecule has 0 aliphatic carbocycles. The molecule has 40 heavy (non-hydrogen) atoms. The molecule has 0 fully saturated rings. The van der Waals surface area contributed by atoms with Gasteiger partial charge in [-0.3, -0.25) is 9.10 Å². The SMILES string of the molecule is Cc1ccc(S(=O)(=O)N(CC(=O)N/N=C\c2cc(C)n(-c3cc(Cl)cc(Cl)c3)c2C)c2ccc(C)c(C)c2)cc1. The topological polar surface area (TPSA) is 83.8 Å². The quantitative estimate of drug-likeness (QED) is 0.182. The van der Waals surface area contributed by atoms with Crippen LogP contribution in [0.15, 0.2) is 76.7 Å². The van der Waals surface area contributed by atoms with Crippen LogP contribution < -0.4 is 9.73 Å². The van der Waals surface area contributed by atoms with Crippen LogP contribution in [0.5, 0.6) is 0 Å². The van der Waals surface area contributed by atoms with Crippen LogP contribution in [0.4, 0.5) is 5.69 Å². The highest BCUT2D eigenvalue weighted by molar-refractivity contribution is 7.92. The van der Waals surface area contributed by atoms with Crippen molar-refractivity contribution in [3.05, 3.63) is 110 Å². The first kappa shape index (κ1) is 29.4. The molecule has 0 unspecified atom stereocenters. The van der Waals surface area contributed by atoms with Crippen molar-refractivity contribution in [3.8, 4) is 5.69 Å². The summed E-state index contributed by atoms with van der Waals surface area (Å²) in [6.07, 6.45) is 1.53. The minimum Gasteiger partial charge on any atom is -0.318 e. The molecule has 0 saturated carbocycles. The Hall–Kier alpha value is -3.59. The van der Waals surface area contributed by atoms with Gasteiger partial charge in [-0.05, 0) is 94.3 Å². The molecule has 0 aliphatic heterocycles. The molecule has 7 nitrogen and oxygen atoms in total. The number of aromatic nitrogens is 1. The number of nitrogens with zero attached hydrogens (tertiary/aromatic N) is 3. The first-order valence-electron chi connectivity index (χ1n) is 12.5. The van der Waals surface area contributed by atoms with Gasteiger partial charge in [0.2, 0.25) is 0 Å². The molecule has 0 bridgehead atoms. The Morgan fingerprint density at radius 3 is 2.17 bits per heavy atom. The standard InChI is InChI=1S/C30H30Cl2N4O3S/c1-19-6-10-29(11-7-19)40(38,39)35(27-9-8-20(2)21(3)12-27)18-30(37)34-33-17-24-13-22(4)36(23(24)5)28-15-25(31)14-26(32)16-28/h6-17H,18H2,1-5H3,(H,34,37)/b33-17-. The van der Waals surface area contributed by atoms with Crippen LogP contribution in [0.2, 0.25) is 10.0 Å². The van der Waals surface area contributed by atoms with Gasteiger partial charge in [-0.1, -0.05) is 47.0 Å². The Morgan fingerprint density at radius 2 is 1.55 bits per heavy atom. The fourth-order valence-electron chi connectivity index (χ4n) is 4.36. The van der Waals surface area contributed by atoms with Gasteiger partial charge in [0.05, 0.1) is 16.8 Å². The van der Waals surface area contributed by atoms with E-state index in [2.05, 4.69) is 10.5 Å². The number of halogens is 2. The van der Waals surface area contributed by atoms with Crippen molar-refractivity contribution in [2.45, 2.75) is 39.5 Å². The lowest BCUT2D eigenvalue weighted by molar-refractivity contribution is -0.119. The van der Waals surface area contributed by atoms with Gasteiger partial charge in [-0.25, -0.2) is 13.8 Å². The van der Waals surface area contributed by atoms with Crippen LogP contribution in [0.3, 0.4) is 0 Å². The van der Waals surface area contributed by atoms with Gasteiger partial charge in [0.15, 0.2) is 0 Å². The molecule has 4 aromatic rings. The minimum absolute atomic E-state index is 0.0983. The number of carbonyl (C=O) groups is 1. The summed E-state index contributed by atoms with van der Waals surface area (Å²) in [5, 5.41) is 5.16. The van der Waals surface area contributed by atoms with E-state index in [1.807, 2.05) is 63.5 Å². The van der Waals surface area contributed by atoms with Gasteiger partial charge >= 0.3 is 0 Å². The maximum absolute atomic E-state index is 13.6. The Balaban J connectivity index is 1.58. The number of aryl methyl sites for hydroxylation is 4. The number of carbonyl (C=O) groups excluding carboxylic acids is 1. The number of hydrogen-bond donors (Lipinski definition) is 1. The van der Waals surface area contributed by atoms with E-state index in [4.69, 9.17) is 23.2 Å². The zero-order valence-electron chi connectivity index (χ0n) is 22.9. The second-order valence-electron chi connectivity index (χ2n) is 9.68. The molecule has 3 aromatic carbocycles. The van der Waals surface area contributed by atoms with E-state index < -0.39 is 22.5 Å². The van der Waals surface area contributed by atoms with Crippen LogP contribution in [-0.4, -0.2) is 31.7 Å². The predicted molar refractivity (Wildman–Crippen MR) is 163 cm³/mol. The number of amides is 1. The number of benzene rings is 3. The largest absolute Gasteiger partial charge is 0.318 e. The molecule has 1 amide bonds. The summed E-state index contributed by atoms with van der Waals surface area (Å²) in [7, 11) is -4.02. The zero-order chi connectivity index (χ0) is 29.2. The van der Waals surface area contributed by atoms with E-state index >= 15 is 0 Å². The minimum atomic E-state index is -4.02. The van der Waals surface area contributed by atoms with Crippen LogP contribution in [0.1, 0.15) is 33.6 Å². The summed E-state index contributed by atoms with van der Waals surface area (Å²) in [6, 6.07) is 19.0. The molecule has 0 radical (unpaired) electrons. The van der Waals surface area contributed by atoms with Gasteiger partial charge in [-0.15, -0.1) is 0 Å². The van der Waals surface area contributed by atoms with Crippen molar-refractivity contribution in [1.29, 1.82) is 0 Å². The summed E-state index contributed by atoms with van der Waals surface area (Å²) in [5.41, 5.74) is 9.10. The Morgan fingerprint density at radius 1 is 0.900 bits per heavy atom. The smallest absolute Gasteiger partial charge is 0.264 e. The lowest BCUT2D eigenvalue weighted by Crippen LogP contribution is -2.39. The fraction of sp³-hybridized carbons (Fsp3) is 0.200. The molecule has 4 rings (SSSR count). The van der Waals surface area contributed by atoms with Crippen molar-refractivity contribution in [3.63, 3.8) is 0 Å². The second kappa shape index (κ2) is 11.9. The number of rotatable bonds is 8. The summed E-state index contributed by atoms with van der Waals surface area (Å²) in [6.45, 7) is 9.13. The van der Waals surface area contributed by atoms with Gasteiger partial charge in [-0.2, -0.15) is 5.10 Å². The average Bonchev–Trinajstić information content (AvgIpc) is 3.16. The Kier molecular flexibility index (Phi) is 8.73. The number of nitrogens with one attached hydrogen (secondary N) is 1. The molecule has 10 heteroatoms. The molecule has 1 heterocycles. The number of anilines is 1. The van der Waals surface area contributed by atoms with Crippen molar-refractivity contribution in [2.24, 2.45) is 5.10 Å². The van der Waals surface area contributed by atoms with Crippen LogP contribution >= 0.6 is 23.2 Å². The highest BCUT2D eigenvalue weighted by Crippen LogP contribution is 2.27. The van der Waals surface area contributed by atoms with E-state index in [1.54, 1.807) is 30.3 Å². The van der Waals surface area contributed by atoms with Crippen molar-refractivity contribution >= 4 is 51.0 Å². The van der Waals surface area contributed by atoms with Crippen LogP contribution in [-0.2, 0) is 14.8 Å². The van der Waals surface area contributed by atoms with Crippen molar-refractivity contribution in [1.82, 2.24) is 9.99 Å². The first-order valence-corrected chi connectivity index (χ1v) is 14.7. The predicted octanol–water partition coefficient (Wildman–Crippen LogP) is 6.67. The highest BCUT2D eigenvalue weighted by Gasteiger charge is 2.27. The fourth-order valence-corrected chi connectivity index (χ4v) is 6.28. The molecule has 0 atom stereocenters. The monoisotopic (exact) mass is 596 g/mol. The molecule has 208 valence electrons. The molecular weight excluding hydrogens is 567 g/mol. The average molecular weight is 598 g/mol. The number of hydrazone groups is 1. The summed E-state index contributed by atoms with van der Waals surface area (Å²) >= 11 is 12.4. The van der Waals surface area contributed by atoms with E-state index in [-0.39, 0.29) is 4.90 Å². The van der Waals surface area contributed by atoms with E-state index in [1.165, 1.54) is 18.3 Å². The molecule has 1 N–H and O–H groups in total. The third-order valence-corrected chi connectivity index (χ3v) is 8.87. The summed E-state index contributed by atoms with van der Waals surface area (Å²) in [4.78, 5) is 13.1. The third-order valence-electron chi connectivity index (χ3n) is 6.64. The Bertz CT molecular complexity index is 1690. The molecule has 1 aromatic heterocycles. The van der Waals surface area contributed by atoms with Crippen molar-refractivity contribution in [2.75, 3.05) is 10.8 Å². The van der Waals surface area contributed by atoms with Gasteiger partial charge in [0, 0.05) is 32.7 Å². The molecule has 0 aliphatic rings. The Labute approximate surface area is 245 Å². The lowest BCUT2D eigenvalue weighted by Gasteiger charge is -2.24.